The smallest absolute Gasteiger partial charge is 0.272 e. The number of amides is 1. The number of rotatable bonds is 5. The lowest BCUT2D eigenvalue weighted by Gasteiger charge is -2.19. The van der Waals surface area contributed by atoms with Crippen molar-refractivity contribution < 1.29 is 4.79 Å². The first-order chi connectivity index (χ1) is 13.2. The summed E-state index contributed by atoms with van der Waals surface area (Å²) in [5, 5.41) is 14.6. The van der Waals surface area contributed by atoms with Crippen LogP contribution in [-0.4, -0.2) is 25.9 Å². The summed E-state index contributed by atoms with van der Waals surface area (Å²) in [7, 11) is 0. The number of aromatic nitrogens is 4. The zero-order valence-electron chi connectivity index (χ0n) is 14.4. The predicted octanol–water partition coefficient (Wildman–Crippen LogP) is 2.29. The Morgan fingerprint density at radius 1 is 1.04 bits per heavy atom. The van der Waals surface area contributed by atoms with E-state index in [-0.39, 0.29) is 23.2 Å². The van der Waals surface area contributed by atoms with Crippen LogP contribution in [0.4, 0.5) is 0 Å². The highest BCUT2D eigenvalue weighted by atomic mass is 16.2. The van der Waals surface area contributed by atoms with Crippen molar-refractivity contribution in [2.75, 3.05) is 0 Å². The Hall–Kier alpha value is -3.74. The van der Waals surface area contributed by atoms with E-state index in [1.165, 1.54) is 0 Å². The largest absolute Gasteiger partial charge is 0.342 e. The molecule has 0 aliphatic heterocycles. The van der Waals surface area contributed by atoms with E-state index in [2.05, 4.69) is 20.6 Å². The van der Waals surface area contributed by atoms with Crippen LogP contribution in [0.15, 0.2) is 77.9 Å². The van der Waals surface area contributed by atoms with E-state index in [0.29, 0.717) is 17.3 Å². The molecule has 0 spiro atoms. The predicted molar refractivity (Wildman–Crippen MR) is 101 cm³/mol. The molecule has 1 atom stereocenters. The molecule has 1 unspecified atom stereocenters. The van der Waals surface area contributed by atoms with Crippen molar-refractivity contribution in [3.8, 4) is 0 Å². The van der Waals surface area contributed by atoms with Crippen molar-refractivity contribution in [1.29, 1.82) is 0 Å². The minimum absolute atomic E-state index is 0.187. The monoisotopic (exact) mass is 359 g/mol. The van der Waals surface area contributed by atoms with Gasteiger partial charge in [0, 0.05) is 17.8 Å². The van der Waals surface area contributed by atoms with E-state index in [4.69, 9.17) is 0 Å². The van der Waals surface area contributed by atoms with Crippen LogP contribution in [0.5, 0.6) is 0 Å². The van der Waals surface area contributed by atoms with Gasteiger partial charge in [0.05, 0.1) is 18.0 Å². The van der Waals surface area contributed by atoms with Crippen LogP contribution in [0.3, 0.4) is 0 Å². The second kappa shape index (κ2) is 7.25. The van der Waals surface area contributed by atoms with Crippen LogP contribution in [0, 0.1) is 0 Å². The number of H-pyrrole nitrogens is 1. The van der Waals surface area contributed by atoms with Gasteiger partial charge in [0.2, 0.25) is 0 Å². The maximum Gasteiger partial charge on any atom is 0.272 e. The normalized spacial score (nSPS) is 12.0. The molecule has 0 aliphatic carbocycles. The Morgan fingerprint density at radius 3 is 2.52 bits per heavy atom. The topological polar surface area (TPSA) is 92.7 Å². The van der Waals surface area contributed by atoms with Crippen molar-refractivity contribution in [1.82, 2.24) is 25.3 Å². The van der Waals surface area contributed by atoms with Gasteiger partial charge in [0.25, 0.3) is 11.5 Å². The average Bonchev–Trinajstić information content (AvgIpc) is 3.22. The molecular formula is C20H17N5O2. The zero-order valence-corrected chi connectivity index (χ0v) is 14.4. The standard InChI is InChI=1S/C20H17N5O2/c26-19-16-10-5-4-9-15(16)18(23-24-19)20(27)22-17(13-25-12-6-11-21-25)14-7-2-1-3-8-14/h1-12,17H,13H2,(H,22,27)(H,24,26). The molecule has 0 aliphatic rings. The van der Waals surface area contributed by atoms with Crippen LogP contribution in [0.2, 0.25) is 0 Å². The first-order valence-electron chi connectivity index (χ1n) is 8.53. The molecule has 4 aromatic rings. The summed E-state index contributed by atoms with van der Waals surface area (Å²) in [5.74, 6) is -0.358. The minimum Gasteiger partial charge on any atom is -0.342 e. The fourth-order valence-corrected chi connectivity index (χ4v) is 3.03. The Labute approximate surface area is 154 Å². The van der Waals surface area contributed by atoms with Gasteiger partial charge in [-0.15, -0.1) is 0 Å². The highest BCUT2D eigenvalue weighted by molar-refractivity contribution is 6.04. The van der Waals surface area contributed by atoms with Crippen molar-refractivity contribution in [2.45, 2.75) is 12.6 Å². The van der Waals surface area contributed by atoms with E-state index in [1.807, 2.05) is 42.6 Å². The Morgan fingerprint density at radius 2 is 1.78 bits per heavy atom. The van der Waals surface area contributed by atoms with E-state index in [9.17, 15) is 9.59 Å². The number of aromatic amines is 1. The lowest BCUT2D eigenvalue weighted by atomic mass is 10.1. The molecule has 0 saturated heterocycles. The van der Waals surface area contributed by atoms with Crippen molar-refractivity contribution in [3.05, 3.63) is 94.7 Å². The summed E-state index contributed by atoms with van der Waals surface area (Å²) in [5.41, 5.74) is 0.819. The molecule has 0 saturated carbocycles. The third-order valence-electron chi connectivity index (χ3n) is 4.35. The molecule has 0 radical (unpaired) electrons. The molecule has 4 rings (SSSR count). The Kier molecular flexibility index (Phi) is 4.49. The van der Waals surface area contributed by atoms with Crippen molar-refractivity contribution in [2.24, 2.45) is 0 Å². The fourth-order valence-electron chi connectivity index (χ4n) is 3.03. The second-order valence-electron chi connectivity index (χ2n) is 6.11. The average molecular weight is 359 g/mol. The molecule has 1 amide bonds. The van der Waals surface area contributed by atoms with Crippen LogP contribution >= 0.6 is 0 Å². The van der Waals surface area contributed by atoms with Crippen LogP contribution in [0.1, 0.15) is 22.1 Å². The Bertz CT molecular complexity index is 1120. The summed E-state index contributed by atoms with van der Waals surface area (Å²) in [6, 6.07) is 18.1. The summed E-state index contributed by atoms with van der Waals surface area (Å²) >= 11 is 0. The Balaban J connectivity index is 1.68. The molecule has 2 aromatic heterocycles. The number of carbonyl (C=O) groups excluding carboxylic acids is 1. The quantitative estimate of drug-likeness (QED) is 0.572. The van der Waals surface area contributed by atoms with Gasteiger partial charge in [0.15, 0.2) is 5.69 Å². The van der Waals surface area contributed by atoms with Gasteiger partial charge in [-0.2, -0.15) is 10.2 Å². The molecule has 2 N–H and O–H groups in total. The lowest BCUT2D eigenvalue weighted by molar-refractivity contribution is 0.0927. The maximum atomic E-state index is 13.0. The number of nitrogens with one attached hydrogen (secondary N) is 2. The molecule has 0 bridgehead atoms. The molecule has 2 heterocycles. The number of hydrogen-bond donors (Lipinski definition) is 2. The van der Waals surface area contributed by atoms with Gasteiger partial charge >= 0.3 is 0 Å². The highest BCUT2D eigenvalue weighted by Gasteiger charge is 2.20. The summed E-state index contributed by atoms with van der Waals surface area (Å²) in [4.78, 5) is 24.9. The van der Waals surface area contributed by atoms with E-state index < -0.39 is 0 Å². The maximum absolute atomic E-state index is 13.0. The van der Waals surface area contributed by atoms with Crippen molar-refractivity contribution >= 4 is 16.7 Å². The van der Waals surface area contributed by atoms with Crippen LogP contribution in [-0.2, 0) is 6.54 Å². The summed E-state index contributed by atoms with van der Waals surface area (Å²) in [6.45, 7) is 0.476. The molecule has 0 fully saturated rings. The molecule has 134 valence electrons. The van der Waals surface area contributed by atoms with Crippen LogP contribution < -0.4 is 10.9 Å². The number of fused-ring (bicyclic) bond motifs is 1. The number of carbonyl (C=O) groups is 1. The number of hydrogen-bond acceptors (Lipinski definition) is 4. The first-order valence-corrected chi connectivity index (χ1v) is 8.53. The van der Waals surface area contributed by atoms with Crippen LogP contribution in [0.25, 0.3) is 10.8 Å². The highest BCUT2D eigenvalue weighted by Crippen LogP contribution is 2.17. The van der Waals surface area contributed by atoms with E-state index in [0.717, 1.165) is 5.56 Å². The second-order valence-corrected chi connectivity index (χ2v) is 6.11. The van der Waals surface area contributed by atoms with E-state index >= 15 is 0 Å². The van der Waals surface area contributed by atoms with Gasteiger partial charge in [-0.25, -0.2) is 5.10 Å². The minimum atomic E-state index is -0.358. The fraction of sp³-hybridized carbons (Fsp3) is 0.100. The first kappa shape index (κ1) is 16.7. The summed E-state index contributed by atoms with van der Waals surface area (Å²) < 4.78 is 1.76. The van der Waals surface area contributed by atoms with Crippen molar-refractivity contribution in [3.63, 3.8) is 0 Å². The SMILES string of the molecule is O=C(NC(Cn1cccn1)c1ccccc1)c1n[nH]c(=O)c2ccccc12. The number of nitrogens with zero attached hydrogens (tertiary/aromatic N) is 3. The third-order valence-corrected chi connectivity index (χ3v) is 4.35. The third kappa shape index (κ3) is 3.48. The molecule has 7 heteroatoms. The summed E-state index contributed by atoms with van der Waals surface area (Å²) in [6.07, 6.45) is 3.54. The zero-order chi connectivity index (χ0) is 18.6. The van der Waals surface area contributed by atoms with Gasteiger partial charge in [-0.1, -0.05) is 48.5 Å². The van der Waals surface area contributed by atoms with Gasteiger partial charge in [-0.05, 0) is 17.7 Å². The molecular weight excluding hydrogens is 342 g/mol. The van der Waals surface area contributed by atoms with Gasteiger partial charge < -0.3 is 5.32 Å². The van der Waals surface area contributed by atoms with Gasteiger partial charge in [-0.3, -0.25) is 14.3 Å². The van der Waals surface area contributed by atoms with Gasteiger partial charge in [0.1, 0.15) is 0 Å². The van der Waals surface area contributed by atoms with E-state index in [1.54, 1.807) is 35.1 Å². The number of benzene rings is 2. The molecule has 2 aromatic carbocycles. The molecule has 7 nitrogen and oxygen atoms in total. The lowest BCUT2D eigenvalue weighted by Crippen LogP contribution is -2.33. The molecule has 27 heavy (non-hydrogen) atoms.